The van der Waals surface area contributed by atoms with Crippen molar-refractivity contribution in [3.8, 4) is 0 Å². The Hall–Kier alpha value is -1.35. The topological polar surface area (TPSA) is 12.5 Å². The lowest BCUT2D eigenvalue weighted by Crippen LogP contribution is -2.40. The van der Waals surface area contributed by atoms with Crippen molar-refractivity contribution in [2.24, 2.45) is 0 Å². The highest BCUT2D eigenvalue weighted by Gasteiger charge is 2.32. The second-order valence-electron chi connectivity index (χ2n) is 7.51. The molecule has 2 nitrogen and oxygen atoms in total. The number of rotatable bonds is 4. The van der Waals surface area contributed by atoms with Crippen LogP contribution in [0.15, 0.2) is 54.6 Å². The molecule has 0 radical (unpaired) electrons. The van der Waals surface area contributed by atoms with Crippen molar-refractivity contribution in [3.63, 3.8) is 0 Å². The minimum Gasteiger partial charge on any atom is -0.364 e. The first-order chi connectivity index (χ1) is 11.4. The van der Waals surface area contributed by atoms with Gasteiger partial charge in [-0.25, -0.2) is 0 Å². The van der Waals surface area contributed by atoms with E-state index in [4.69, 9.17) is 16.3 Å². The van der Waals surface area contributed by atoms with E-state index in [0.29, 0.717) is 0 Å². The van der Waals surface area contributed by atoms with E-state index in [1.165, 1.54) is 5.56 Å². The molecule has 0 bridgehead atoms. The van der Waals surface area contributed by atoms with Crippen molar-refractivity contribution in [3.05, 3.63) is 70.7 Å². The van der Waals surface area contributed by atoms with Crippen LogP contribution in [-0.2, 0) is 4.74 Å². The van der Waals surface area contributed by atoms with Gasteiger partial charge >= 0.3 is 0 Å². The van der Waals surface area contributed by atoms with Gasteiger partial charge in [0.2, 0.25) is 0 Å². The molecule has 2 atom stereocenters. The fraction of sp³-hybridized carbons (Fsp3) is 0.429. The Bertz CT molecular complexity index is 648. The van der Waals surface area contributed by atoms with E-state index < -0.39 is 0 Å². The largest absolute Gasteiger partial charge is 0.364 e. The Kier molecular flexibility index (Phi) is 5.29. The molecule has 128 valence electrons. The van der Waals surface area contributed by atoms with Gasteiger partial charge < -0.3 is 4.74 Å². The lowest BCUT2D eigenvalue weighted by molar-refractivity contribution is 0.00831. The van der Waals surface area contributed by atoms with Crippen LogP contribution >= 0.6 is 11.6 Å². The van der Waals surface area contributed by atoms with Gasteiger partial charge in [-0.3, -0.25) is 4.90 Å². The second-order valence-corrected chi connectivity index (χ2v) is 7.94. The third kappa shape index (κ3) is 4.18. The molecule has 3 rings (SSSR count). The number of ether oxygens (including phenoxy) is 1. The van der Waals surface area contributed by atoms with Crippen LogP contribution in [-0.4, -0.2) is 29.6 Å². The molecule has 0 saturated carbocycles. The van der Waals surface area contributed by atoms with Gasteiger partial charge in [0.1, 0.15) is 6.10 Å². The molecule has 0 amide bonds. The van der Waals surface area contributed by atoms with Crippen LogP contribution in [0.5, 0.6) is 0 Å². The summed E-state index contributed by atoms with van der Waals surface area (Å²) in [7, 11) is 0. The van der Waals surface area contributed by atoms with E-state index in [-0.39, 0.29) is 17.7 Å². The van der Waals surface area contributed by atoms with Gasteiger partial charge in [0, 0.05) is 23.7 Å². The summed E-state index contributed by atoms with van der Waals surface area (Å²) in [6.07, 6.45) is 1.28. The van der Waals surface area contributed by atoms with Gasteiger partial charge in [0.05, 0.1) is 6.10 Å². The number of hydrogen-bond donors (Lipinski definition) is 0. The molecular formula is C21H26ClNO. The Morgan fingerprint density at radius 3 is 2.21 bits per heavy atom. The number of hydrogen-bond acceptors (Lipinski definition) is 2. The fourth-order valence-electron chi connectivity index (χ4n) is 3.26. The Balaban J connectivity index is 1.80. The maximum absolute atomic E-state index is 6.56. The number of benzene rings is 2. The molecule has 0 spiro atoms. The van der Waals surface area contributed by atoms with Crippen LogP contribution in [0.4, 0.5) is 0 Å². The summed E-state index contributed by atoms with van der Waals surface area (Å²) >= 11 is 6.05. The molecule has 0 aliphatic carbocycles. The van der Waals surface area contributed by atoms with Crippen molar-refractivity contribution < 1.29 is 4.74 Å². The summed E-state index contributed by atoms with van der Waals surface area (Å²) in [6.45, 7) is 8.88. The SMILES string of the molecule is CC(C)(C)N1CCC(OC(c2ccccc2)c2ccc(Cl)cc2)C1. The zero-order valence-electron chi connectivity index (χ0n) is 14.7. The molecule has 24 heavy (non-hydrogen) atoms. The molecule has 0 N–H and O–H groups in total. The smallest absolute Gasteiger partial charge is 0.108 e. The first-order valence-corrected chi connectivity index (χ1v) is 9.02. The molecule has 2 unspecified atom stereocenters. The number of likely N-dealkylation sites (tertiary alicyclic amines) is 1. The van der Waals surface area contributed by atoms with Gasteiger partial charge in [-0.1, -0.05) is 54.1 Å². The molecule has 0 aromatic heterocycles. The first kappa shape index (κ1) is 17.5. The average Bonchev–Trinajstić information content (AvgIpc) is 3.03. The lowest BCUT2D eigenvalue weighted by atomic mass is 10.0. The van der Waals surface area contributed by atoms with Crippen LogP contribution < -0.4 is 0 Å². The summed E-state index contributed by atoms with van der Waals surface area (Å²) in [5, 5.41) is 0.755. The van der Waals surface area contributed by atoms with E-state index in [9.17, 15) is 0 Å². The van der Waals surface area contributed by atoms with E-state index in [2.05, 4.69) is 62.1 Å². The van der Waals surface area contributed by atoms with E-state index in [0.717, 1.165) is 30.1 Å². The van der Waals surface area contributed by atoms with Gasteiger partial charge in [-0.15, -0.1) is 0 Å². The zero-order valence-corrected chi connectivity index (χ0v) is 15.5. The zero-order chi connectivity index (χ0) is 17.2. The van der Waals surface area contributed by atoms with Crippen molar-refractivity contribution in [1.82, 2.24) is 4.90 Å². The molecular weight excluding hydrogens is 318 g/mol. The average molecular weight is 344 g/mol. The van der Waals surface area contributed by atoms with Gasteiger partial charge in [-0.05, 0) is 50.5 Å². The molecule has 3 heteroatoms. The minimum absolute atomic E-state index is 0.0478. The lowest BCUT2D eigenvalue weighted by Gasteiger charge is -2.32. The van der Waals surface area contributed by atoms with Crippen molar-refractivity contribution >= 4 is 11.6 Å². The second kappa shape index (κ2) is 7.26. The first-order valence-electron chi connectivity index (χ1n) is 8.64. The van der Waals surface area contributed by atoms with Gasteiger partial charge in [0.25, 0.3) is 0 Å². The Morgan fingerprint density at radius 1 is 1.00 bits per heavy atom. The van der Waals surface area contributed by atoms with Crippen LogP contribution in [0, 0.1) is 0 Å². The summed E-state index contributed by atoms with van der Waals surface area (Å²) in [5.74, 6) is 0. The maximum Gasteiger partial charge on any atom is 0.108 e. The van der Waals surface area contributed by atoms with Crippen LogP contribution in [0.2, 0.25) is 5.02 Å². The molecule has 1 saturated heterocycles. The molecule has 1 aliphatic heterocycles. The summed E-state index contributed by atoms with van der Waals surface area (Å²) < 4.78 is 6.56. The fourth-order valence-corrected chi connectivity index (χ4v) is 3.38. The van der Waals surface area contributed by atoms with Crippen molar-refractivity contribution in [2.75, 3.05) is 13.1 Å². The summed E-state index contributed by atoms with van der Waals surface area (Å²) in [5.41, 5.74) is 2.54. The molecule has 2 aromatic rings. The predicted octanol–water partition coefficient (Wildman–Crippen LogP) is 5.32. The van der Waals surface area contributed by atoms with Crippen LogP contribution in [0.1, 0.15) is 44.4 Å². The molecule has 1 fully saturated rings. The molecule has 1 heterocycles. The highest BCUT2D eigenvalue weighted by Crippen LogP contribution is 2.31. The van der Waals surface area contributed by atoms with Crippen LogP contribution in [0.3, 0.4) is 0 Å². The maximum atomic E-state index is 6.56. The van der Waals surface area contributed by atoms with Crippen LogP contribution in [0.25, 0.3) is 0 Å². The minimum atomic E-state index is -0.0478. The third-order valence-electron chi connectivity index (χ3n) is 4.70. The van der Waals surface area contributed by atoms with Crippen molar-refractivity contribution in [2.45, 2.75) is 44.9 Å². The monoisotopic (exact) mass is 343 g/mol. The van der Waals surface area contributed by atoms with Crippen molar-refractivity contribution in [1.29, 1.82) is 0 Å². The highest BCUT2D eigenvalue weighted by molar-refractivity contribution is 6.30. The third-order valence-corrected chi connectivity index (χ3v) is 4.95. The van der Waals surface area contributed by atoms with Gasteiger partial charge in [0.15, 0.2) is 0 Å². The molecule has 2 aromatic carbocycles. The number of halogens is 1. The Labute approximate surface area is 150 Å². The predicted molar refractivity (Wildman–Crippen MR) is 101 cm³/mol. The highest BCUT2D eigenvalue weighted by atomic mass is 35.5. The normalized spacial score (nSPS) is 20.2. The summed E-state index contributed by atoms with van der Waals surface area (Å²) in [6, 6.07) is 18.5. The quantitative estimate of drug-likeness (QED) is 0.745. The Morgan fingerprint density at radius 2 is 1.62 bits per heavy atom. The van der Waals surface area contributed by atoms with Gasteiger partial charge in [-0.2, -0.15) is 0 Å². The summed E-state index contributed by atoms with van der Waals surface area (Å²) in [4.78, 5) is 2.50. The van der Waals surface area contributed by atoms with E-state index >= 15 is 0 Å². The number of nitrogens with zero attached hydrogens (tertiary/aromatic N) is 1. The molecule has 1 aliphatic rings. The standard InChI is InChI=1S/C21H26ClNO/c1-21(2,3)23-14-13-19(15-23)24-20(16-7-5-4-6-8-16)17-9-11-18(22)12-10-17/h4-12,19-20H,13-15H2,1-3H3. The van der Waals surface area contributed by atoms with E-state index in [1.807, 2.05) is 18.2 Å². The van der Waals surface area contributed by atoms with E-state index in [1.54, 1.807) is 0 Å².